The molecule has 13 nitrogen and oxygen atoms in total. The van der Waals surface area contributed by atoms with E-state index in [2.05, 4.69) is 15.3 Å². The van der Waals surface area contributed by atoms with Crippen LogP contribution < -0.4 is 14.8 Å². The van der Waals surface area contributed by atoms with Gasteiger partial charge in [0.25, 0.3) is 0 Å². The molecular formula is C22H25N3O10. The van der Waals surface area contributed by atoms with Crippen molar-refractivity contribution in [2.75, 3.05) is 46.0 Å². The van der Waals surface area contributed by atoms with Gasteiger partial charge in [-0.2, -0.15) is 0 Å². The highest BCUT2D eigenvalue weighted by molar-refractivity contribution is 5.95. The summed E-state index contributed by atoms with van der Waals surface area (Å²) in [4.78, 5) is 8.32. The Bertz CT molecular complexity index is 1230. The molecule has 1 aromatic heterocycles. The SMILES string of the molecule is COCCOc1cc2ncnc(Nc3c(O)c(O)c(O)c(/C(O)=C/O)c3O)c2cc1OCCOC. The van der Waals surface area contributed by atoms with Crippen molar-refractivity contribution in [1.82, 2.24) is 9.97 Å². The first-order chi connectivity index (χ1) is 16.8. The van der Waals surface area contributed by atoms with E-state index in [0.717, 1.165) is 0 Å². The quantitative estimate of drug-likeness (QED) is 0.0895. The maximum Gasteiger partial charge on any atom is 0.203 e. The zero-order valence-electron chi connectivity index (χ0n) is 18.8. The van der Waals surface area contributed by atoms with Crippen molar-refractivity contribution in [3.8, 4) is 34.5 Å². The lowest BCUT2D eigenvalue weighted by atomic mass is 10.1. The van der Waals surface area contributed by atoms with Gasteiger partial charge < -0.3 is 54.9 Å². The molecule has 0 saturated carbocycles. The molecule has 3 rings (SSSR count). The fourth-order valence-electron chi connectivity index (χ4n) is 3.10. The number of aromatic hydroxyl groups is 4. The number of hydrogen-bond donors (Lipinski definition) is 7. The first kappa shape index (κ1) is 25.3. The van der Waals surface area contributed by atoms with Crippen LogP contribution in [0.1, 0.15) is 5.56 Å². The number of nitrogens with zero attached hydrogens (tertiary/aromatic N) is 2. The van der Waals surface area contributed by atoms with E-state index in [1.807, 2.05) is 0 Å². The largest absolute Gasteiger partial charge is 0.512 e. The topological polar surface area (TPSA) is 196 Å². The number of benzene rings is 2. The lowest BCUT2D eigenvalue weighted by Crippen LogP contribution is -2.09. The van der Waals surface area contributed by atoms with Gasteiger partial charge in [-0.1, -0.05) is 0 Å². The molecule has 0 amide bonds. The van der Waals surface area contributed by atoms with Gasteiger partial charge in [0.1, 0.15) is 42.9 Å². The van der Waals surface area contributed by atoms with Crippen LogP contribution in [0.25, 0.3) is 16.7 Å². The first-order valence-electron chi connectivity index (χ1n) is 10.2. The fourth-order valence-corrected chi connectivity index (χ4v) is 3.10. The van der Waals surface area contributed by atoms with Crippen LogP contribution >= 0.6 is 0 Å². The maximum atomic E-state index is 10.6. The first-order valence-corrected chi connectivity index (χ1v) is 10.2. The monoisotopic (exact) mass is 491 g/mol. The summed E-state index contributed by atoms with van der Waals surface area (Å²) >= 11 is 0. The summed E-state index contributed by atoms with van der Waals surface area (Å²) in [5.74, 6) is -4.10. The Balaban J connectivity index is 2.11. The van der Waals surface area contributed by atoms with Gasteiger partial charge in [-0.25, -0.2) is 9.97 Å². The van der Waals surface area contributed by atoms with Crippen LogP contribution in [-0.4, -0.2) is 81.3 Å². The maximum absolute atomic E-state index is 10.6. The van der Waals surface area contributed by atoms with Gasteiger partial charge in [0.2, 0.25) is 5.75 Å². The molecule has 0 aliphatic rings. The van der Waals surface area contributed by atoms with Crippen molar-refractivity contribution in [3.05, 3.63) is 30.3 Å². The Morgan fingerprint density at radius 3 is 2.09 bits per heavy atom. The number of nitrogens with one attached hydrogen (secondary N) is 1. The van der Waals surface area contributed by atoms with Gasteiger partial charge in [-0.15, -0.1) is 0 Å². The molecule has 0 saturated heterocycles. The van der Waals surface area contributed by atoms with E-state index in [1.165, 1.54) is 13.4 Å². The van der Waals surface area contributed by atoms with E-state index in [9.17, 15) is 25.5 Å². The lowest BCUT2D eigenvalue weighted by molar-refractivity contribution is 0.132. The number of hydrogen-bond acceptors (Lipinski definition) is 13. The lowest BCUT2D eigenvalue weighted by Gasteiger charge is -2.17. The van der Waals surface area contributed by atoms with Crippen LogP contribution in [0.3, 0.4) is 0 Å². The number of phenols is 4. The minimum absolute atomic E-state index is 0.0594. The number of aliphatic hydroxyl groups excluding tert-OH is 2. The summed E-state index contributed by atoms with van der Waals surface area (Å²) in [7, 11) is 3.07. The molecule has 0 bridgehead atoms. The van der Waals surface area contributed by atoms with Gasteiger partial charge in [-0.05, 0) is 6.07 Å². The molecule has 0 aliphatic carbocycles. The molecule has 35 heavy (non-hydrogen) atoms. The third kappa shape index (κ3) is 5.26. The molecule has 0 radical (unpaired) electrons. The molecule has 7 N–H and O–H groups in total. The minimum atomic E-state index is -1.05. The van der Waals surface area contributed by atoms with Crippen LogP contribution in [0.5, 0.6) is 34.5 Å². The highest BCUT2D eigenvalue weighted by Crippen LogP contribution is 2.52. The third-order valence-corrected chi connectivity index (χ3v) is 4.81. The average Bonchev–Trinajstić information content (AvgIpc) is 2.85. The predicted octanol–water partition coefficient (Wildman–Crippen LogP) is 2.66. The van der Waals surface area contributed by atoms with E-state index < -0.39 is 40.0 Å². The highest BCUT2D eigenvalue weighted by Gasteiger charge is 2.27. The number of aliphatic hydroxyl groups is 2. The Morgan fingerprint density at radius 2 is 1.49 bits per heavy atom. The number of phenolic OH excluding ortho intramolecular Hbond substituents is 4. The van der Waals surface area contributed by atoms with Crippen molar-refractivity contribution in [2.45, 2.75) is 0 Å². The van der Waals surface area contributed by atoms with Crippen molar-refractivity contribution in [3.63, 3.8) is 0 Å². The van der Waals surface area contributed by atoms with Crippen LogP contribution in [-0.2, 0) is 9.47 Å². The van der Waals surface area contributed by atoms with Gasteiger partial charge >= 0.3 is 0 Å². The standard InChI is InChI=1S/C22H25N3O10/c1-32-3-5-34-14-7-11-12(8-15(14)35-6-4-33-2)23-10-24-22(11)25-17-18(28)16(13(27)9-26)19(29)21(31)20(17)30/h7-10,26-31H,3-6H2,1-2H3,(H,23,24,25)/b13-9-. The van der Waals surface area contributed by atoms with Crippen molar-refractivity contribution in [2.24, 2.45) is 0 Å². The van der Waals surface area contributed by atoms with Gasteiger partial charge in [0, 0.05) is 25.7 Å². The molecule has 0 fully saturated rings. The van der Waals surface area contributed by atoms with Crippen LogP contribution in [0.2, 0.25) is 0 Å². The molecular weight excluding hydrogens is 466 g/mol. The number of methoxy groups -OCH3 is 2. The highest BCUT2D eigenvalue weighted by atomic mass is 16.5. The summed E-state index contributed by atoms with van der Waals surface area (Å²) in [5, 5.41) is 62.9. The zero-order chi connectivity index (χ0) is 25.5. The van der Waals surface area contributed by atoms with E-state index in [0.29, 0.717) is 35.6 Å². The molecule has 0 unspecified atom stereocenters. The second kappa shape index (κ2) is 11.2. The van der Waals surface area contributed by atoms with Crippen molar-refractivity contribution < 1.29 is 49.6 Å². The van der Waals surface area contributed by atoms with E-state index in [-0.39, 0.29) is 25.3 Å². The molecule has 3 aromatic rings. The van der Waals surface area contributed by atoms with E-state index in [1.54, 1.807) is 19.2 Å². The molecule has 0 aliphatic heterocycles. The summed E-state index contributed by atoms with van der Waals surface area (Å²) in [6, 6.07) is 3.16. The summed E-state index contributed by atoms with van der Waals surface area (Å²) < 4.78 is 21.5. The smallest absolute Gasteiger partial charge is 0.203 e. The van der Waals surface area contributed by atoms with Crippen LogP contribution in [0.4, 0.5) is 11.5 Å². The van der Waals surface area contributed by atoms with Crippen molar-refractivity contribution in [1.29, 1.82) is 0 Å². The summed E-state index contributed by atoms with van der Waals surface area (Å²) in [5.41, 5.74) is -0.832. The molecule has 1 heterocycles. The number of ether oxygens (including phenoxy) is 4. The van der Waals surface area contributed by atoms with Gasteiger partial charge in [0.15, 0.2) is 34.5 Å². The minimum Gasteiger partial charge on any atom is -0.512 e. The van der Waals surface area contributed by atoms with Crippen molar-refractivity contribution >= 4 is 28.2 Å². The predicted molar refractivity (Wildman–Crippen MR) is 124 cm³/mol. The Kier molecular flexibility index (Phi) is 8.07. The second-order valence-electron chi connectivity index (χ2n) is 7.00. The number of anilines is 2. The van der Waals surface area contributed by atoms with Gasteiger partial charge in [-0.3, -0.25) is 0 Å². The van der Waals surface area contributed by atoms with Crippen LogP contribution in [0, 0.1) is 0 Å². The Hall–Kier alpha value is -4.36. The molecule has 0 spiro atoms. The molecule has 188 valence electrons. The second-order valence-corrected chi connectivity index (χ2v) is 7.00. The molecule has 0 atom stereocenters. The van der Waals surface area contributed by atoms with Crippen LogP contribution in [0.15, 0.2) is 24.7 Å². The van der Waals surface area contributed by atoms with E-state index in [4.69, 9.17) is 24.1 Å². The Morgan fingerprint density at radius 1 is 0.857 bits per heavy atom. The third-order valence-electron chi connectivity index (χ3n) is 4.81. The summed E-state index contributed by atoms with van der Waals surface area (Å²) in [6.07, 6.45) is 1.40. The Labute approximate surface area is 199 Å². The van der Waals surface area contributed by atoms with Gasteiger partial charge in [0.05, 0.1) is 18.7 Å². The number of rotatable bonds is 11. The van der Waals surface area contributed by atoms with E-state index >= 15 is 0 Å². The number of fused-ring (bicyclic) bond motifs is 1. The molecule has 2 aromatic carbocycles. The zero-order valence-corrected chi connectivity index (χ0v) is 18.8. The average molecular weight is 491 g/mol. The fraction of sp³-hybridized carbons (Fsp3) is 0.273. The summed E-state index contributed by atoms with van der Waals surface area (Å²) in [6.45, 7) is 1.11. The molecule has 13 heteroatoms. The number of aromatic nitrogens is 2. The normalized spacial score (nSPS) is 11.5.